The van der Waals surface area contributed by atoms with Crippen LogP contribution in [0.3, 0.4) is 0 Å². The number of esters is 1. The first kappa shape index (κ1) is 13.4. The van der Waals surface area contributed by atoms with Crippen LogP contribution in [-0.4, -0.2) is 41.9 Å². The average Bonchev–Trinajstić information content (AvgIpc) is 2.85. The van der Waals surface area contributed by atoms with Crippen LogP contribution < -0.4 is 0 Å². The fraction of sp³-hybridized carbons (Fsp3) is 0.917. The van der Waals surface area contributed by atoms with Gasteiger partial charge in [0.25, 0.3) is 0 Å². The molecule has 1 spiro atoms. The second kappa shape index (κ2) is 4.01. The minimum absolute atomic E-state index is 0.196. The number of ether oxygens (including phenoxy) is 1. The van der Waals surface area contributed by atoms with Crippen LogP contribution in [0.15, 0.2) is 0 Å². The third-order valence-electron chi connectivity index (χ3n) is 4.63. The summed E-state index contributed by atoms with van der Waals surface area (Å²) in [5, 5.41) is 0. The first-order valence-electron chi connectivity index (χ1n) is 6.01. The number of methoxy groups -OCH3 is 1. The Morgan fingerprint density at radius 3 is 2.47 bits per heavy atom. The number of likely N-dealkylation sites (tertiary alicyclic amines) is 1. The summed E-state index contributed by atoms with van der Waals surface area (Å²) in [5.74, 6) is -0.196. The SMILES string of the molecule is CCN1CCC2(CC2(Cl)Cl)[C@](C)(C(=O)OC)C1. The summed E-state index contributed by atoms with van der Waals surface area (Å²) in [4.78, 5) is 14.4. The van der Waals surface area contributed by atoms with Gasteiger partial charge in [0.15, 0.2) is 0 Å². The maximum absolute atomic E-state index is 12.1. The lowest BCUT2D eigenvalue weighted by atomic mass is 9.69. The molecule has 0 radical (unpaired) electrons. The van der Waals surface area contributed by atoms with Crippen LogP contribution in [0.5, 0.6) is 0 Å². The van der Waals surface area contributed by atoms with Gasteiger partial charge >= 0.3 is 5.97 Å². The van der Waals surface area contributed by atoms with Crippen molar-refractivity contribution >= 4 is 29.2 Å². The van der Waals surface area contributed by atoms with Crippen LogP contribution in [-0.2, 0) is 9.53 Å². The first-order valence-corrected chi connectivity index (χ1v) is 6.77. The highest BCUT2D eigenvalue weighted by Gasteiger charge is 2.77. The van der Waals surface area contributed by atoms with Crippen molar-refractivity contribution < 1.29 is 9.53 Å². The van der Waals surface area contributed by atoms with Gasteiger partial charge in [-0.2, -0.15) is 0 Å². The Morgan fingerprint density at radius 1 is 1.47 bits per heavy atom. The van der Waals surface area contributed by atoms with Gasteiger partial charge in [-0.25, -0.2) is 0 Å². The molecule has 1 saturated heterocycles. The molecule has 1 heterocycles. The van der Waals surface area contributed by atoms with E-state index in [1.165, 1.54) is 7.11 Å². The highest BCUT2D eigenvalue weighted by atomic mass is 35.5. The topological polar surface area (TPSA) is 29.5 Å². The molecule has 5 heteroatoms. The lowest BCUT2D eigenvalue weighted by Crippen LogP contribution is -2.54. The normalized spacial score (nSPS) is 40.3. The predicted molar refractivity (Wildman–Crippen MR) is 68.3 cm³/mol. The summed E-state index contributed by atoms with van der Waals surface area (Å²) in [5.41, 5.74) is -0.901. The van der Waals surface area contributed by atoms with Crippen molar-refractivity contribution in [3.05, 3.63) is 0 Å². The largest absolute Gasteiger partial charge is 0.469 e. The molecular weight excluding hydrogens is 261 g/mol. The molecule has 0 aromatic heterocycles. The molecule has 1 aliphatic heterocycles. The predicted octanol–water partition coefficient (Wildman–Crippen LogP) is 2.46. The number of rotatable bonds is 2. The smallest absolute Gasteiger partial charge is 0.313 e. The summed E-state index contributed by atoms with van der Waals surface area (Å²) in [6.07, 6.45) is 1.55. The highest BCUT2D eigenvalue weighted by Crippen LogP contribution is 2.74. The molecule has 0 bridgehead atoms. The Morgan fingerprint density at radius 2 is 2.06 bits per heavy atom. The average molecular weight is 280 g/mol. The Hall–Kier alpha value is 0.01000. The molecule has 0 aromatic rings. The summed E-state index contributed by atoms with van der Waals surface area (Å²) >= 11 is 12.6. The Bertz CT molecular complexity index is 347. The van der Waals surface area contributed by atoms with Crippen molar-refractivity contribution in [3.8, 4) is 0 Å². The molecule has 2 aliphatic rings. The van der Waals surface area contributed by atoms with Crippen LogP contribution in [0.4, 0.5) is 0 Å². The quantitative estimate of drug-likeness (QED) is 0.575. The number of hydrogen-bond donors (Lipinski definition) is 0. The van der Waals surface area contributed by atoms with E-state index in [4.69, 9.17) is 27.9 Å². The minimum atomic E-state index is -0.768. The van der Waals surface area contributed by atoms with E-state index in [9.17, 15) is 4.79 Å². The molecule has 1 aliphatic carbocycles. The Kier molecular flexibility index (Phi) is 3.17. The van der Waals surface area contributed by atoms with Crippen LogP contribution in [0.2, 0.25) is 0 Å². The van der Waals surface area contributed by atoms with E-state index >= 15 is 0 Å². The van der Waals surface area contributed by atoms with Gasteiger partial charge in [-0.3, -0.25) is 4.79 Å². The summed E-state index contributed by atoms with van der Waals surface area (Å²) in [6, 6.07) is 0. The summed E-state index contributed by atoms with van der Waals surface area (Å²) in [7, 11) is 1.43. The number of carbonyl (C=O) groups is 1. The Balaban J connectivity index is 2.32. The van der Waals surface area contributed by atoms with E-state index in [1.54, 1.807) is 0 Å². The third kappa shape index (κ3) is 1.70. The molecule has 2 atom stereocenters. The second-order valence-corrected chi connectivity index (χ2v) is 6.89. The number of nitrogens with zero attached hydrogens (tertiary/aromatic N) is 1. The van der Waals surface area contributed by atoms with Gasteiger partial charge in [-0.05, 0) is 32.9 Å². The van der Waals surface area contributed by atoms with E-state index in [2.05, 4.69) is 11.8 Å². The van der Waals surface area contributed by atoms with E-state index in [0.29, 0.717) is 13.0 Å². The van der Waals surface area contributed by atoms with Crippen molar-refractivity contribution in [2.24, 2.45) is 10.8 Å². The van der Waals surface area contributed by atoms with Gasteiger partial charge < -0.3 is 9.64 Å². The second-order valence-electron chi connectivity index (χ2n) is 5.41. The highest BCUT2D eigenvalue weighted by molar-refractivity contribution is 6.51. The van der Waals surface area contributed by atoms with Gasteiger partial charge in [0, 0.05) is 12.0 Å². The standard InChI is InChI=1S/C12H19Cl2NO2/c1-4-15-6-5-11(7-12(11,13)14)10(2,8-15)9(16)17-3/h4-8H2,1-3H3/t10-,11?/m0/s1. The van der Waals surface area contributed by atoms with Crippen molar-refractivity contribution in [2.75, 3.05) is 26.7 Å². The molecule has 2 fully saturated rings. The van der Waals surface area contributed by atoms with E-state index in [1.807, 2.05) is 6.92 Å². The fourth-order valence-corrected chi connectivity index (χ4v) is 4.32. The first-order chi connectivity index (χ1) is 7.83. The fourth-order valence-electron chi connectivity index (χ4n) is 3.26. The zero-order chi connectivity index (χ0) is 12.9. The van der Waals surface area contributed by atoms with E-state index in [-0.39, 0.29) is 11.4 Å². The van der Waals surface area contributed by atoms with Crippen LogP contribution in [0.25, 0.3) is 0 Å². The summed E-state index contributed by atoms with van der Waals surface area (Å²) < 4.78 is 4.20. The van der Waals surface area contributed by atoms with E-state index < -0.39 is 9.75 Å². The van der Waals surface area contributed by atoms with Gasteiger partial charge in [-0.15, -0.1) is 23.2 Å². The maximum atomic E-state index is 12.1. The molecular formula is C12H19Cl2NO2. The number of alkyl halides is 2. The van der Waals surface area contributed by atoms with Gasteiger partial charge in [0.2, 0.25) is 0 Å². The molecule has 2 rings (SSSR count). The van der Waals surface area contributed by atoms with Crippen molar-refractivity contribution in [3.63, 3.8) is 0 Å². The van der Waals surface area contributed by atoms with Crippen LogP contribution >= 0.6 is 23.2 Å². The number of piperidine rings is 1. The lowest BCUT2D eigenvalue weighted by molar-refractivity contribution is -0.161. The monoisotopic (exact) mass is 279 g/mol. The minimum Gasteiger partial charge on any atom is -0.469 e. The molecule has 1 saturated carbocycles. The Labute approximate surface area is 112 Å². The number of halogens is 2. The third-order valence-corrected chi connectivity index (χ3v) is 5.62. The van der Waals surface area contributed by atoms with Gasteiger partial charge in [-0.1, -0.05) is 6.92 Å². The maximum Gasteiger partial charge on any atom is 0.313 e. The molecule has 1 unspecified atom stereocenters. The van der Waals surface area contributed by atoms with Crippen molar-refractivity contribution in [2.45, 2.75) is 31.0 Å². The van der Waals surface area contributed by atoms with Gasteiger partial charge in [0.1, 0.15) is 4.33 Å². The van der Waals surface area contributed by atoms with Crippen molar-refractivity contribution in [1.82, 2.24) is 4.90 Å². The lowest BCUT2D eigenvalue weighted by Gasteiger charge is -2.45. The number of hydrogen-bond acceptors (Lipinski definition) is 3. The molecule has 3 nitrogen and oxygen atoms in total. The van der Waals surface area contributed by atoms with Crippen LogP contribution in [0.1, 0.15) is 26.7 Å². The molecule has 98 valence electrons. The van der Waals surface area contributed by atoms with Crippen LogP contribution in [0, 0.1) is 10.8 Å². The molecule has 0 aromatic carbocycles. The summed E-state index contributed by atoms with van der Waals surface area (Å²) in [6.45, 7) is 6.59. The van der Waals surface area contributed by atoms with Gasteiger partial charge in [0.05, 0.1) is 12.5 Å². The van der Waals surface area contributed by atoms with E-state index in [0.717, 1.165) is 19.5 Å². The zero-order valence-corrected chi connectivity index (χ0v) is 12.1. The van der Waals surface area contributed by atoms with Crippen molar-refractivity contribution in [1.29, 1.82) is 0 Å². The molecule has 0 N–H and O–H groups in total. The molecule has 17 heavy (non-hydrogen) atoms. The number of carbonyl (C=O) groups excluding carboxylic acids is 1. The molecule has 0 amide bonds. The zero-order valence-electron chi connectivity index (χ0n) is 10.6.